The summed E-state index contributed by atoms with van der Waals surface area (Å²) in [6.45, 7) is 2.37. The predicted octanol–water partition coefficient (Wildman–Crippen LogP) is -0.369. The second-order valence-corrected chi connectivity index (χ2v) is 17.4. The molecule has 28 heteroatoms. The summed E-state index contributed by atoms with van der Waals surface area (Å²) < 4.78 is 62.0. The zero-order valence-electron chi connectivity index (χ0n) is 28.9. The highest BCUT2D eigenvalue weighted by Gasteiger charge is 2.50. The minimum absolute atomic E-state index is 0.0303. The van der Waals surface area contributed by atoms with Crippen LogP contribution in [0, 0.1) is 5.41 Å². The van der Waals surface area contributed by atoms with E-state index in [-0.39, 0.29) is 41.6 Å². The van der Waals surface area contributed by atoms with Crippen LogP contribution in [0.5, 0.6) is 0 Å². The minimum Gasteiger partial charge on any atom is -0.386 e. The Morgan fingerprint density at radius 1 is 1.09 bits per heavy atom. The highest BCUT2D eigenvalue weighted by Crippen LogP contribution is 2.61. The number of ether oxygens (including phenoxy) is 1. The average molecular weight is 850 g/mol. The summed E-state index contributed by atoms with van der Waals surface area (Å²) in [5.74, 6) is -1.13. The second kappa shape index (κ2) is 19.4. The van der Waals surface area contributed by atoms with Crippen LogP contribution in [0.25, 0.3) is 11.2 Å². The number of nitrogens with two attached hydrogens (primary N) is 1. The third-order valence-corrected chi connectivity index (χ3v) is 11.2. The molecule has 3 heterocycles. The lowest BCUT2D eigenvalue weighted by Crippen LogP contribution is -2.46. The van der Waals surface area contributed by atoms with E-state index in [0.717, 1.165) is 29.0 Å². The molecule has 1 fully saturated rings. The van der Waals surface area contributed by atoms with Crippen LogP contribution in [0.15, 0.2) is 24.8 Å². The number of hydrogen-bond acceptors (Lipinski definition) is 18. The van der Waals surface area contributed by atoms with Gasteiger partial charge in [-0.1, -0.05) is 38.6 Å². The van der Waals surface area contributed by atoms with E-state index < -0.39 is 84.6 Å². The van der Waals surface area contributed by atoms with Crippen molar-refractivity contribution < 1.29 is 80.5 Å². The summed E-state index contributed by atoms with van der Waals surface area (Å²) in [6.07, 6.45) is -3.04. The number of carbonyl (C=O) groups excluding carboxylic acids is 3. The lowest BCUT2D eigenvalue weighted by Gasteiger charge is -2.30. The van der Waals surface area contributed by atoms with Crippen molar-refractivity contribution in [3.05, 3.63) is 24.8 Å². The Balaban J connectivity index is 1.51. The number of nitrogens with zero attached hydrogens (tertiary/aromatic N) is 4. The molecule has 2 aromatic heterocycles. The summed E-state index contributed by atoms with van der Waals surface area (Å²) in [5, 5.41) is 26.1. The number of phosphoric acid groups is 3. The van der Waals surface area contributed by atoms with Crippen molar-refractivity contribution in [1.82, 2.24) is 30.2 Å². The number of aliphatic hydroxyl groups is 2. The van der Waals surface area contributed by atoms with Gasteiger partial charge in [0.15, 0.2) is 17.7 Å². The predicted molar refractivity (Wildman–Crippen MR) is 187 cm³/mol. The third-order valence-electron chi connectivity index (χ3n) is 7.24. The molecule has 0 aliphatic carbocycles. The number of thioether (sulfide) groups is 1. The monoisotopic (exact) mass is 849 g/mol. The molecule has 2 amide bonds. The molecule has 1 saturated heterocycles. The lowest BCUT2D eigenvalue weighted by molar-refractivity contribution is -0.137. The largest absolute Gasteiger partial charge is 0.481 e. The van der Waals surface area contributed by atoms with Crippen LogP contribution < -0.4 is 16.4 Å². The Hall–Kier alpha value is -2.70. The summed E-state index contributed by atoms with van der Waals surface area (Å²) in [5.41, 5.74) is 4.26. The van der Waals surface area contributed by atoms with Crippen molar-refractivity contribution in [1.29, 1.82) is 0 Å². The highest BCUT2D eigenvalue weighted by molar-refractivity contribution is 8.14. The summed E-state index contributed by atoms with van der Waals surface area (Å²) >= 11 is 1.02. The van der Waals surface area contributed by atoms with Gasteiger partial charge in [0.1, 0.15) is 36.3 Å². The number of phosphoric ester groups is 3. The van der Waals surface area contributed by atoms with Crippen molar-refractivity contribution in [3.8, 4) is 0 Å². The first-order chi connectivity index (χ1) is 25.1. The van der Waals surface area contributed by atoms with E-state index in [1.54, 1.807) is 6.08 Å². The number of hydrogen-bond donors (Lipinski definition) is 9. The van der Waals surface area contributed by atoms with Gasteiger partial charge < -0.3 is 50.9 Å². The quantitative estimate of drug-likeness (QED) is 0.0439. The first-order valence-electron chi connectivity index (χ1n) is 15.8. The second-order valence-electron chi connectivity index (χ2n) is 12.0. The minimum atomic E-state index is -5.57. The van der Waals surface area contributed by atoms with Crippen molar-refractivity contribution in [2.24, 2.45) is 5.41 Å². The number of nitrogen functional groups attached to an aromatic ring is 1. The van der Waals surface area contributed by atoms with Gasteiger partial charge in [-0.25, -0.2) is 28.6 Å². The van der Waals surface area contributed by atoms with Crippen LogP contribution in [-0.4, -0.2) is 123 Å². The standard InChI is InChI=1S/C26H42N7O17P3S/c1-4-5-6-17(35)54-10-9-28-16(34)7-8-29-24(38)21(37)26(2,3)12-47-53(44,45)50-52(42,43)46-11-15-20(49-51(39,40)41)19(36)25(48-15)33-14-32-18-22(27)30-13-31-23(18)33/h5-6,13-15,19-21,25,36-37H,4,7-12H2,1-3H3,(H,28,34)(H,29,38)(H,42,43)(H,44,45)(H2,27,30,31)(H2,39,40,41)/t15-,19-,20-,21?,25-/m1/s1. The van der Waals surface area contributed by atoms with Crippen LogP contribution >= 0.6 is 35.2 Å². The molecular formula is C26H42N7O17P3S. The Bertz CT molecular complexity index is 1810. The van der Waals surface area contributed by atoms with Gasteiger partial charge >= 0.3 is 23.5 Å². The van der Waals surface area contributed by atoms with Gasteiger partial charge in [-0.2, -0.15) is 4.31 Å². The molecule has 3 rings (SSSR count). The Kier molecular flexibility index (Phi) is 16.4. The van der Waals surface area contributed by atoms with Crippen molar-refractivity contribution in [2.75, 3.05) is 37.8 Å². The smallest absolute Gasteiger partial charge is 0.386 e. The molecule has 0 bridgehead atoms. The molecule has 2 aromatic rings. The van der Waals surface area contributed by atoms with E-state index in [4.69, 9.17) is 19.5 Å². The molecule has 54 heavy (non-hydrogen) atoms. The number of carbonyl (C=O) groups is 3. The number of imidazole rings is 1. The van der Waals surface area contributed by atoms with Crippen LogP contribution in [0.4, 0.5) is 5.82 Å². The number of anilines is 1. The number of aromatic nitrogens is 4. The maximum absolute atomic E-state index is 12.6. The first kappa shape index (κ1) is 45.7. The van der Waals surface area contributed by atoms with E-state index >= 15 is 0 Å². The Morgan fingerprint density at radius 3 is 2.44 bits per heavy atom. The van der Waals surface area contributed by atoms with Gasteiger partial charge in [-0.05, 0) is 12.5 Å². The van der Waals surface area contributed by atoms with Crippen LogP contribution in [-0.2, 0) is 50.7 Å². The van der Waals surface area contributed by atoms with Crippen LogP contribution in [0.1, 0.15) is 39.8 Å². The molecule has 0 saturated carbocycles. The molecule has 0 spiro atoms. The van der Waals surface area contributed by atoms with Gasteiger partial charge in [-0.3, -0.25) is 32.5 Å². The first-order valence-corrected chi connectivity index (χ1v) is 21.3. The van der Waals surface area contributed by atoms with Gasteiger partial charge in [-0.15, -0.1) is 0 Å². The number of amides is 2. The normalized spacial score (nSPS) is 22.2. The molecule has 3 unspecified atom stereocenters. The fourth-order valence-electron chi connectivity index (χ4n) is 4.54. The summed E-state index contributed by atoms with van der Waals surface area (Å²) in [7, 11) is -16.4. The average Bonchev–Trinajstić information content (AvgIpc) is 3.63. The van der Waals surface area contributed by atoms with E-state index in [0.29, 0.717) is 12.2 Å². The van der Waals surface area contributed by atoms with Gasteiger partial charge in [0.05, 0.1) is 19.5 Å². The summed E-state index contributed by atoms with van der Waals surface area (Å²) in [4.78, 5) is 86.9. The van der Waals surface area contributed by atoms with E-state index in [2.05, 4.69) is 34.4 Å². The Labute approximate surface area is 311 Å². The SMILES string of the molecule is CCC=CC(=O)SCCNC(=O)CCNC(=O)C(O)C(C)(C)COP(=O)(O)OP(=O)(O)OC[C@H]1O[C@@H](n2cnc3c(N)ncnc32)[C@H](O)[C@@H]1OP(=O)(O)O. The maximum atomic E-state index is 12.6. The maximum Gasteiger partial charge on any atom is 0.481 e. The lowest BCUT2D eigenvalue weighted by atomic mass is 9.87. The van der Waals surface area contributed by atoms with Crippen molar-refractivity contribution >= 4 is 69.1 Å². The van der Waals surface area contributed by atoms with Gasteiger partial charge in [0, 0.05) is 30.7 Å². The molecule has 7 atom stereocenters. The number of aliphatic hydroxyl groups excluding tert-OH is 2. The molecule has 0 radical (unpaired) electrons. The summed E-state index contributed by atoms with van der Waals surface area (Å²) in [6, 6.07) is 0. The van der Waals surface area contributed by atoms with Crippen LogP contribution in [0.3, 0.4) is 0 Å². The van der Waals surface area contributed by atoms with Crippen molar-refractivity contribution in [2.45, 2.75) is 64.3 Å². The Morgan fingerprint density at radius 2 is 1.78 bits per heavy atom. The van der Waals surface area contributed by atoms with Crippen LogP contribution in [0.2, 0.25) is 0 Å². The molecule has 10 N–H and O–H groups in total. The highest BCUT2D eigenvalue weighted by atomic mass is 32.2. The van der Waals surface area contributed by atoms with E-state index in [1.165, 1.54) is 19.9 Å². The molecular weight excluding hydrogens is 807 g/mol. The number of allylic oxidation sites excluding steroid dienone is 1. The topological polar surface area (TPSA) is 364 Å². The zero-order valence-corrected chi connectivity index (χ0v) is 32.4. The molecule has 1 aliphatic rings. The molecule has 24 nitrogen and oxygen atoms in total. The van der Waals surface area contributed by atoms with Crippen molar-refractivity contribution in [3.63, 3.8) is 0 Å². The zero-order chi connectivity index (χ0) is 40.5. The van der Waals surface area contributed by atoms with E-state index in [9.17, 15) is 57.9 Å². The van der Waals surface area contributed by atoms with Gasteiger partial charge in [0.25, 0.3) is 0 Å². The molecule has 1 aliphatic heterocycles. The number of rotatable bonds is 21. The van der Waals surface area contributed by atoms with Gasteiger partial charge in [0.2, 0.25) is 16.9 Å². The fraction of sp³-hybridized carbons (Fsp3) is 0.615. The number of nitrogens with one attached hydrogen (secondary N) is 2. The third kappa shape index (κ3) is 13.8. The molecule has 304 valence electrons. The fourth-order valence-corrected chi connectivity index (χ4v) is 7.97. The molecule has 0 aromatic carbocycles. The van der Waals surface area contributed by atoms with E-state index in [1.807, 2.05) is 6.92 Å². The number of fused-ring (bicyclic) bond motifs is 1.